The van der Waals surface area contributed by atoms with Gasteiger partial charge in [-0.3, -0.25) is 4.79 Å². The van der Waals surface area contributed by atoms with E-state index in [1.165, 1.54) is 11.3 Å². The molecule has 0 aliphatic rings. The normalized spacial score (nSPS) is 10.8. The van der Waals surface area contributed by atoms with Gasteiger partial charge in [-0.05, 0) is 26.8 Å². The maximum Gasteiger partial charge on any atom is 0.263 e. The summed E-state index contributed by atoms with van der Waals surface area (Å²) in [6, 6.07) is 0. The molecular formula is C13H24N4OS2. The van der Waals surface area contributed by atoms with E-state index in [9.17, 15) is 4.79 Å². The lowest BCUT2D eigenvalue weighted by atomic mass is 10.3. The molecule has 7 heteroatoms. The van der Waals surface area contributed by atoms with Gasteiger partial charge in [0.2, 0.25) is 0 Å². The second kappa shape index (κ2) is 8.39. The number of nitrogen functional groups attached to an aromatic ring is 1. The molecule has 0 aliphatic carbocycles. The number of thioether (sulfide) groups is 1. The van der Waals surface area contributed by atoms with Crippen LogP contribution in [0.15, 0.2) is 4.90 Å². The minimum atomic E-state index is -0.0784. The third-order valence-electron chi connectivity index (χ3n) is 2.69. The Hall–Kier alpha value is -0.920. The van der Waals surface area contributed by atoms with Crippen LogP contribution in [0.5, 0.6) is 0 Å². The highest BCUT2D eigenvalue weighted by atomic mass is 32.2. The molecule has 5 nitrogen and oxygen atoms in total. The van der Waals surface area contributed by atoms with Crippen LogP contribution in [0.4, 0.5) is 10.7 Å². The van der Waals surface area contributed by atoms with Gasteiger partial charge in [0.15, 0.2) is 0 Å². The fourth-order valence-electron chi connectivity index (χ4n) is 1.63. The van der Waals surface area contributed by atoms with E-state index in [2.05, 4.69) is 15.5 Å². The predicted octanol–water partition coefficient (Wildman–Crippen LogP) is 2.17. The summed E-state index contributed by atoms with van der Waals surface area (Å²) in [4.78, 5) is 15.7. The fraction of sp³-hybridized carbons (Fsp3) is 0.615. The Morgan fingerprint density at radius 1 is 1.40 bits per heavy atom. The number of thiophene rings is 1. The molecule has 1 heterocycles. The second-order valence-electron chi connectivity index (χ2n) is 4.69. The van der Waals surface area contributed by atoms with Crippen LogP contribution in [0, 0.1) is 0 Å². The summed E-state index contributed by atoms with van der Waals surface area (Å²) < 4.78 is 0. The fourth-order valence-corrected chi connectivity index (χ4v) is 3.61. The number of nitrogens with zero attached hydrogens (tertiary/aromatic N) is 1. The molecular weight excluding hydrogens is 292 g/mol. The van der Waals surface area contributed by atoms with Gasteiger partial charge in [-0.15, -0.1) is 23.1 Å². The van der Waals surface area contributed by atoms with Gasteiger partial charge >= 0.3 is 0 Å². The lowest BCUT2D eigenvalue weighted by Gasteiger charge is -2.10. The zero-order valence-electron chi connectivity index (χ0n) is 12.6. The smallest absolute Gasteiger partial charge is 0.263 e. The van der Waals surface area contributed by atoms with Gasteiger partial charge in [0, 0.05) is 19.6 Å². The van der Waals surface area contributed by atoms with E-state index in [1.807, 2.05) is 27.3 Å². The van der Waals surface area contributed by atoms with Gasteiger partial charge in [0.05, 0.1) is 10.6 Å². The van der Waals surface area contributed by atoms with E-state index in [4.69, 9.17) is 5.73 Å². The SMILES string of the molecule is CCCNC(=O)c1sc(NCCN(C)C)c(SC)c1N. The van der Waals surface area contributed by atoms with E-state index in [0.29, 0.717) is 17.1 Å². The summed E-state index contributed by atoms with van der Waals surface area (Å²) in [5, 5.41) is 7.22. The predicted molar refractivity (Wildman–Crippen MR) is 90.2 cm³/mol. The number of rotatable bonds is 8. The molecule has 1 aromatic heterocycles. The first-order valence-electron chi connectivity index (χ1n) is 6.64. The number of carbonyl (C=O) groups is 1. The first kappa shape index (κ1) is 17.1. The van der Waals surface area contributed by atoms with Gasteiger partial charge in [-0.1, -0.05) is 6.92 Å². The van der Waals surface area contributed by atoms with Crippen molar-refractivity contribution in [3.63, 3.8) is 0 Å². The van der Waals surface area contributed by atoms with E-state index in [1.54, 1.807) is 11.8 Å². The molecule has 0 aromatic carbocycles. The molecule has 0 saturated carbocycles. The van der Waals surface area contributed by atoms with Gasteiger partial charge in [0.25, 0.3) is 5.91 Å². The quantitative estimate of drug-likeness (QED) is 0.641. The lowest BCUT2D eigenvalue weighted by molar-refractivity contribution is 0.0958. The van der Waals surface area contributed by atoms with Crippen molar-refractivity contribution in [1.29, 1.82) is 0 Å². The summed E-state index contributed by atoms with van der Waals surface area (Å²) in [7, 11) is 4.06. The zero-order valence-corrected chi connectivity index (χ0v) is 14.2. The number of likely N-dealkylation sites (N-methyl/N-ethyl adjacent to an activating group) is 1. The second-order valence-corrected chi connectivity index (χ2v) is 6.53. The highest BCUT2D eigenvalue weighted by molar-refractivity contribution is 7.99. The molecule has 1 amide bonds. The average molecular weight is 316 g/mol. The van der Waals surface area contributed by atoms with Gasteiger partial charge in [-0.25, -0.2) is 0 Å². The first-order valence-corrected chi connectivity index (χ1v) is 8.68. The third kappa shape index (κ3) is 4.57. The van der Waals surface area contributed by atoms with Gasteiger partial charge in [0.1, 0.15) is 9.88 Å². The Labute approximate surface area is 129 Å². The number of hydrogen-bond acceptors (Lipinski definition) is 6. The Morgan fingerprint density at radius 2 is 2.10 bits per heavy atom. The Morgan fingerprint density at radius 3 is 2.65 bits per heavy atom. The van der Waals surface area contributed by atoms with E-state index < -0.39 is 0 Å². The van der Waals surface area contributed by atoms with Crippen LogP contribution in [0.3, 0.4) is 0 Å². The largest absolute Gasteiger partial charge is 0.396 e. The standard InChI is InChI=1S/C13H24N4OS2/c1-5-6-15-12(18)10-9(14)11(19-4)13(20-10)16-7-8-17(2)3/h16H,5-8,14H2,1-4H3,(H,15,18). The molecule has 0 atom stereocenters. The number of nitrogens with one attached hydrogen (secondary N) is 2. The van der Waals surface area contributed by atoms with Crippen molar-refractivity contribution in [3.05, 3.63) is 4.88 Å². The summed E-state index contributed by atoms with van der Waals surface area (Å²) in [6.07, 6.45) is 2.89. The van der Waals surface area contributed by atoms with Crippen molar-refractivity contribution >= 4 is 39.7 Å². The van der Waals surface area contributed by atoms with Crippen LogP contribution in [0.25, 0.3) is 0 Å². The Bertz CT molecular complexity index is 446. The summed E-state index contributed by atoms with van der Waals surface area (Å²) in [6.45, 7) is 4.47. The minimum Gasteiger partial charge on any atom is -0.396 e. The molecule has 1 rings (SSSR count). The maximum atomic E-state index is 12.1. The van der Waals surface area contributed by atoms with E-state index in [0.717, 1.165) is 29.4 Å². The van der Waals surface area contributed by atoms with Crippen molar-refractivity contribution in [2.75, 3.05) is 51.0 Å². The highest BCUT2D eigenvalue weighted by Crippen LogP contribution is 2.41. The molecule has 0 fully saturated rings. The average Bonchev–Trinajstić information content (AvgIpc) is 2.72. The number of amides is 1. The van der Waals surface area contributed by atoms with E-state index in [-0.39, 0.29) is 5.91 Å². The molecule has 0 bridgehead atoms. The van der Waals surface area contributed by atoms with Crippen molar-refractivity contribution in [3.8, 4) is 0 Å². The van der Waals surface area contributed by atoms with Crippen molar-refractivity contribution < 1.29 is 4.79 Å². The monoisotopic (exact) mass is 316 g/mol. The molecule has 0 unspecified atom stereocenters. The van der Waals surface area contributed by atoms with Crippen LogP contribution >= 0.6 is 23.1 Å². The first-order chi connectivity index (χ1) is 9.51. The highest BCUT2D eigenvalue weighted by Gasteiger charge is 2.20. The van der Waals surface area contributed by atoms with Crippen LogP contribution < -0.4 is 16.4 Å². The van der Waals surface area contributed by atoms with Crippen molar-refractivity contribution in [1.82, 2.24) is 10.2 Å². The number of hydrogen-bond donors (Lipinski definition) is 3. The van der Waals surface area contributed by atoms with Crippen LogP contribution in [-0.2, 0) is 0 Å². The lowest BCUT2D eigenvalue weighted by Crippen LogP contribution is -2.23. The van der Waals surface area contributed by atoms with Crippen LogP contribution in [-0.4, -0.2) is 50.8 Å². The summed E-state index contributed by atoms with van der Waals surface area (Å²) in [5.41, 5.74) is 6.68. The number of carbonyl (C=O) groups excluding carboxylic acids is 1. The molecule has 0 spiro atoms. The Kier molecular flexibility index (Phi) is 7.18. The van der Waals surface area contributed by atoms with Crippen LogP contribution in [0.2, 0.25) is 0 Å². The van der Waals surface area contributed by atoms with E-state index >= 15 is 0 Å². The molecule has 0 saturated heterocycles. The molecule has 4 N–H and O–H groups in total. The third-order valence-corrected chi connectivity index (χ3v) is 4.81. The minimum absolute atomic E-state index is 0.0784. The maximum absolute atomic E-state index is 12.1. The number of nitrogens with two attached hydrogens (primary N) is 1. The Balaban J connectivity index is 2.82. The summed E-state index contributed by atoms with van der Waals surface area (Å²) in [5.74, 6) is -0.0784. The molecule has 0 radical (unpaired) electrons. The molecule has 114 valence electrons. The van der Waals surface area contributed by atoms with Gasteiger partial charge in [-0.2, -0.15) is 0 Å². The number of anilines is 2. The molecule has 1 aromatic rings. The van der Waals surface area contributed by atoms with Crippen molar-refractivity contribution in [2.45, 2.75) is 18.2 Å². The van der Waals surface area contributed by atoms with Crippen molar-refractivity contribution in [2.24, 2.45) is 0 Å². The molecule has 0 aliphatic heterocycles. The van der Waals surface area contributed by atoms with Crippen LogP contribution in [0.1, 0.15) is 23.0 Å². The summed E-state index contributed by atoms with van der Waals surface area (Å²) >= 11 is 3.01. The molecule has 20 heavy (non-hydrogen) atoms. The van der Waals surface area contributed by atoms with Gasteiger partial charge < -0.3 is 21.3 Å². The topological polar surface area (TPSA) is 70.4 Å². The zero-order chi connectivity index (χ0) is 15.1.